The Morgan fingerprint density at radius 3 is 2.76 bits per heavy atom. The molecule has 0 unspecified atom stereocenters. The molecule has 116 valence electrons. The molecule has 2 N–H and O–H groups in total. The zero-order valence-electron chi connectivity index (χ0n) is 12.1. The Hall–Kier alpha value is -1.29. The van der Waals surface area contributed by atoms with Gasteiger partial charge in [-0.1, -0.05) is 0 Å². The molecular formula is C12H18N4O3S2. The maximum absolute atomic E-state index is 12.3. The second-order valence-electron chi connectivity index (χ2n) is 4.98. The molecule has 0 aliphatic heterocycles. The number of hydrogen-bond acceptors (Lipinski definition) is 6. The number of sulfonamides is 1. The summed E-state index contributed by atoms with van der Waals surface area (Å²) in [7, 11) is 0.256. The Morgan fingerprint density at radius 1 is 1.43 bits per heavy atom. The summed E-state index contributed by atoms with van der Waals surface area (Å²) in [5.41, 5.74) is 0.132. The van der Waals surface area contributed by atoms with Crippen molar-refractivity contribution in [2.24, 2.45) is 0 Å². The predicted octanol–water partition coefficient (Wildman–Crippen LogP) is 0.523. The quantitative estimate of drug-likeness (QED) is 0.753. The monoisotopic (exact) mass is 330 g/mol. The fraction of sp³-hybridized carbons (Fsp3) is 0.500. The number of hydrogen-bond donors (Lipinski definition) is 2. The molecule has 0 bridgehead atoms. The van der Waals surface area contributed by atoms with Crippen molar-refractivity contribution >= 4 is 31.6 Å². The van der Waals surface area contributed by atoms with Gasteiger partial charge in [-0.15, -0.1) is 11.3 Å². The summed E-state index contributed by atoms with van der Waals surface area (Å²) < 4.78 is 27.4. The molecule has 0 radical (unpaired) electrons. The van der Waals surface area contributed by atoms with E-state index in [2.05, 4.69) is 14.7 Å². The van der Waals surface area contributed by atoms with Crippen LogP contribution in [0.3, 0.4) is 0 Å². The van der Waals surface area contributed by atoms with Gasteiger partial charge in [0.2, 0.25) is 10.0 Å². The van der Waals surface area contributed by atoms with Crippen molar-refractivity contribution in [1.29, 1.82) is 0 Å². The molecule has 0 aliphatic rings. The van der Waals surface area contributed by atoms with E-state index in [0.717, 1.165) is 24.3 Å². The van der Waals surface area contributed by atoms with Crippen molar-refractivity contribution in [3.8, 4) is 0 Å². The first kappa shape index (κ1) is 16.1. The van der Waals surface area contributed by atoms with Gasteiger partial charge < -0.3 is 9.88 Å². The molecule has 21 heavy (non-hydrogen) atoms. The first-order valence-corrected chi connectivity index (χ1v) is 8.74. The summed E-state index contributed by atoms with van der Waals surface area (Å²) in [5.74, 6) is 0. The lowest BCUT2D eigenvalue weighted by Gasteiger charge is -2.10. The summed E-state index contributed by atoms with van der Waals surface area (Å²) in [4.78, 5) is 20.7. The number of fused-ring (bicyclic) bond motifs is 1. The molecule has 0 amide bonds. The van der Waals surface area contributed by atoms with Gasteiger partial charge >= 0.3 is 0 Å². The molecule has 0 spiro atoms. The van der Waals surface area contributed by atoms with Gasteiger partial charge in [-0.3, -0.25) is 4.79 Å². The van der Waals surface area contributed by atoms with Crippen molar-refractivity contribution in [1.82, 2.24) is 19.6 Å². The van der Waals surface area contributed by atoms with E-state index in [4.69, 9.17) is 0 Å². The molecule has 2 aromatic rings. The van der Waals surface area contributed by atoms with E-state index in [-0.39, 0.29) is 9.77 Å². The zero-order valence-corrected chi connectivity index (χ0v) is 13.8. The average Bonchev–Trinajstić information content (AvgIpc) is 2.74. The largest absolute Gasteiger partial charge is 0.313 e. The molecule has 7 nitrogen and oxygen atoms in total. The van der Waals surface area contributed by atoms with Crippen LogP contribution in [0.2, 0.25) is 0 Å². The van der Waals surface area contributed by atoms with Gasteiger partial charge in [0.05, 0.1) is 11.7 Å². The maximum Gasteiger partial charge on any atom is 0.259 e. The number of H-pyrrole nitrogens is 1. The summed E-state index contributed by atoms with van der Waals surface area (Å²) in [6.45, 7) is 2.79. The maximum atomic E-state index is 12.3. The van der Waals surface area contributed by atoms with Gasteiger partial charge in [-0.25, -0.2) is 18.1 Å². The lowest BCUT2D eigenvalue weighted by Crippen LogP contribution is -2.27. The molecule has 0 atom stereocenters. The minimum Gasteiger partial charge on any atom is -0.313 e. The van der Waals surface area contributed by atoms with E-state index >= 15 is 0 Å². The standard InChI is InChI=1S/C12H18N4O3S2/c1-8-9-10(17)13-7-14-11(9)20-12(8)21(18,19)15-5-4-6-16(2)3/h7,15H,4-6H2,1-3H3,(H,13,14,17). The second-order valence-corrected chi connectivity index (χ2v) is 7.94. The Labute approximate surface area is 127 Å². The fourth-order valence-corrected chi connectivity index (χ4v) is 4.77. The van der Waals surface area contributed by atoms with Crippen LogP contribution in [0.1, 0.15) is 12.0 Å². The molecule has 9 heteroatoms. The molecular weight excluding hydrogens is 312 g/mol. The van der Waals surface area contributed by atoms with E-state index in [9.17, 15) is 13.2 Å². The second kappa shape index (κ2) is 6.22. The van der Waals surface area contributed by atoms with Crippen molar-refractivity contribution in [3.05, 3.63) is 22.2 Å². The highest BCUT2D eigenvalue weighted by molar-refractivity contribution is 7.91. The number of nitrogens with one attached hydrogen (secondary N) is 2. The number of rotatable bonds is 6. The van der Waals surface area contributed by atoms with E-state index in [1.165, 1.54) is 6.33 Å². The minimum absolute atomic E-state index is 0.159. The van der Waals surface area contributed by atoms with Crippen LogP contribution >= 0.6 is 11.3 Å². The van der Waals surface area contributed by atoms with Crippen molar-refractivity contribution in [2.75, 3.05) is 27.2 Å². The van der Waals surface area contributed by atoms with Gasteiger partial charge in [-0.05, 0) is 39.5 Å². The van der Waals surface area contributed by atoms with Crippen LogP contribution in [-0.2, 0) is 10.0 Å². The van der Waals surface area contributed by atoms with E-state index < -0.39 is 10.0 Å². The average molecular weight is 330 g/mol. The van der Waals surface area contributed by atoms with Gasteiger partial charge in [0.15, 0.2) is 0 Å². The van der Waals surface area contributed by atoms with Crippen LogP contribution in [-0.4, -0.2) is 50.5 Å². The van der Waals surface area contributed by atoms with Crippen molar-refractivity contribution in [2.45, 2.75) is 17.6 Å². The van der Waals surface area contributed by atoms with Crippen LogP contribution < -0.4 is 10.3 Å². The van der Waals surface area contributed by atoms with E-state index in [0.29, 0.717) is 22.3 Å². The Balaban J connectivity index is 2.27. The molecule has 0 aliphatic carbocycles. The summed E-state index contributed by atoms with van der Waals surface area (Å²) >= 11 is 1.02. The van der Waals surface area contributed by atoms with Gasteiger partial charge in [0.25, 0.3) is 5.56 Å². The molecule has 0 fully saturated rings. The molecule has 0 aromatic carbocycles. The van der Waals surface area contributed by atoms with Gasteiger partial charge in [0.1, 0.15) is 9.04 Å². The number of nitrogens with zero attached hydrogens (tertiary/aromatic N) is 2. The number of aryl methyl sites for hydroxylation is 1. The Morgan fingerprint density at radius 2 is 2.14 bits per heavy atom. The predicted molar refractivity (Wildman–Crippen MR) is 83.3 cm³/mol. The number of aromatic amines is 1. The Bertz CT molecular complexity index is 792. The SMILES string of the molecule is Cc1c(S(=O)(=O)NCCCN(C)C)sc2nc[nH]c(=O)c12. The van der Waals surface area contributed by atoms with Crippen LogP contribution in [0, 0.1) is 6.92 Å². The summed E-state index contributed by atoms with van der Waals surface area (Å²) in [5, 5.41) is 0.344. The normalized spacial score (nSPS) is 12.4. The van der Waals surface area contributed by atoms with Crippen LogP contribution in [0.15, 0.2) is 15.3 Å². The lowest BCUT2D eigenvalue weighted by atomic mass is 10.3. The van der Waals surface area contributed by atoms with Crippen LogP contribution in [0.5, 0.6) is 0 Å². The van der Waals surface area contributed by atoms with Crippen molar-refractivity contribution in [3.63, 3.8) is 0 Å². The molecule has 2 rings (SSSR count). The van der Waals surface area contributed by atoms with Gasteiger partial charge in [-0.2, -0.15) is 0 Å². The minimum atomic E-state index is -3.61. The first-order chi connectivity index (χ1) is 9.83. The molecule has 2 aromatic heterocycles. The molecule has 0 saturated carbocycles. The smallest absolute Gasteiger partial charge is 0.259 e. The van der Waals surface area contributed by atoms with Gasteiger partial charge in [0, 0.05) is 6.54 Å². The zero-order chi connectivity index (χ0) is 15.6. The highest BCUT2D eigenvalue weighted by Crippen LogP contribution is 2.30. The third kappa shape index (κ3) is 3.49. The van der Waals surface area contributed by atoms with Crippen LogP contribution in [0.4, 0.5) is 0 Å². The fourth-order valence-electron chi connectivity index (χ4n) is 1.98. The number of thiophene rings is 1. The Kier molecular flexibility index (Phi) is 4.77. The topological polar surface area (TPSA) is 95.2 Å². The third-order valence-corrected chi connectivity index (χ3v) is 6.29. The third-order valence-electron chi connectivity index (χ3n) is 3.01. The molecule has 0 saturated heterocycles. The lowest BCUT2D eigenvalue weighted by molar-refractivity contribution is 0.400. The molecule has 2 heterocycles. The van der Waals surface area contributed by atoms with Crippen LogP contribution in [0.25, 0.3) is 10.2 Å². The number of aromatic nitrogens is 2. The summed E-state index contributed by atoms with van der Waals surface area (Å²) in [6, 6.07) is 0. The van der Waals surface area contributed by atoms with Crippen molar-refractivity contribution < 1.29 is 8.42 Å². The van der Waals surface area contributed by atoms with E-state index in [1.54, 1.807) is 6.92 Å². The summed E-state index contributed by atoms with van der Waals surface area (Å²) in [6.07, 6.45) is 2.00. The first-order valence-electron chi connectivity index (χ1n) is 6.44. The van der Waals surface area contributed by atoms with E-state index in [1.807, 2.05) is 19.0 Å². The highest BCUT2D eigenvalue weighted by atomic mass is 32.2. The highest BCUT2D eigenvalue weighted by Gasteiger charge is 2.23.